The van der Waals surface area contributed by atoms with Crippen molar-refractivity contribution in [1.29, 1.82) is 0 Å². The molecule has 1 unspecified atom stereocenters. The van der Waals surface area contributed by atoms with E-state index < -0.39 is 6.03 Å². The van der Waals surface area contributed by atoms with Crippen LogP contribution in [0.2, 0.25) is 0 Å². The molecule has 1 atom stereocenters. The molecule has 2 aliphatic rings. The summed E-state index contributed by atoms with van der Waals surface area (Å²) >= 11 is 0. The second-order valence-electron chi connectivity index (χ2n) is 6.73. The molecule has 5 N–H and O–H groups in total. The predicted molar refractivity (Wildman–Crippen MR) is 90.3 cm³/mol. The largest absolute Gasteiger partial charge is 0.352 e. The SMILES string of the molecule is NC(=O)NC1CCCN(C(=O)CNC(=O)NCC2CCCC2)CC1. The molecule has 0 radical (unpaired) electrons. The number of likely N-dealkylation sites (tertiary alicyclic amines) is 1. The fourth-order valence-corrected chi connectivity index (χ4v) is 3.47. The monoisotopic (exact) mass is 339 g/mol. The topological polar surface area (TPSA) is 117 Å². The zero-order valence-electron chi connectivity index (χ0n) is 14.2. The van der Waals surface area contributed by atoms with Crippen LogP contribution in [0.1, 0.15) is 44.9 Å². The quantitative estimate of drug-likeness (QED) is 0.585. The summed E-state index contributed by atoms with van der Waals surface area (Å²) < 4.78 is 0. The molecule has 8 heteroatoms. The molecule has 1 saturated heterocycles. The Morgan fingerprint density at radius 2 is 1.71 bits per heavy atom. The lowest BCUT2D eigenvalue weighted by molar-refractivity contribution is -0.130. The highest BCUT2D eigenvalue weighted by atomic mass is 16.2. The Labute approximate surface area is 142 Å². The third-order valence-electron chi connectivity index (χ3n) is 4.85. The van der Waals surface area contributed by atoms with E-state index in [1.54, 1.807) is 4.90 Å². The van der Waals surface area contributed by atoms with Gasteiger partial charge in [-0.05, 0) is 38.0 Å². The Morgan fingerprint density at radius 1 is 0.958 bits per heavy atom. The third-order valence-corrected chi connectivity index (χ3v) is 4.85. The number of carbonyl (C=O) groups excluding carboxylic acids is 3. The lowest BCUT2D eigenvalue weighted by atomic mass is 10.1. The molecule has 1 aliphatic heterocycles. The molecule has 2 rings (SSSR count). The van der Waals surface area contributed by atoms with E-state index in [-0.39, 0.29) is 24.5 Å². The molecule has 0 aromatic rings. The molecule has 0 spiro atoms. The molecule has 1 heterocycles. The fourth-order valence-electron chi connectivity index (χ4n) is 3.47. The molecule has 136 valence electrons. The van der Waals surface area contributed by atoms with Gasteiger partial charge >= 0.3 is 12.1 Å². The summed E-state index contributed by atoms with van der Waals surface area (Å²) in [4.78, 5) is 36.6. The van der Waals surface area contributed by atoms with E-state index in [1.165, 1.54) is 25.7 Å². The number of rotatable bonds is 5. The van der Waals surface area contributed by atoms with Gasteiger partial charge < -0.3 is 26.6 Å². The van der Waals surface area contributed by atoms with Gasteiger partial charge in [0, 0.05) is 25.7 Å². The van der Waals surface area contributed by atoms with Crippen LogP contribution in [0.3, 0.4) is 0 Å². The van der Waals surface area contributed by atoms with E-state index in [0.29, 0.717) is 32.0 Å². The molecule has 1 aliphatic carbocycles. The minimum atomic E-state index is -0.527. The summed E-state index contributed by atoms with van der Waals surface area (Å²) in [6.07, 6.45) is 7.14. The summed E-state index contributed by atoms with van der Waals surface area (Å²) in [6, 6.07) is -0.790. The molecular weight excluding hydrogens is 310 g/mol. The van der Waals surface area contributed by atoms with E-state index in [4.69, 9.17) is 5.73 Å². The molecule has 0 bridgehead atoms. The Kier molecular flexibility index (Phi) is 7.14. The Balaban J connectivity index is 1.64. The van der Waals surface area contributed by atoms with Gasteiger partial charge in [-0.25, -0.2) is 9.59 Å². The maximum absolute atomic E-state index is 12.2. The van der Waals surface area contributed by atoms with E-state index in [0.717, 1.165) is 12.8 Å². The van der Waals surface area contributed by atoms with Crippen molar-refractivity contribution in [1.82, 2.24) is 20.9 Å². The number of nitrogens with zero attached hydrogens (tertiary/aromatic N) is 1. The van der Waals surface area contributed by atoms with Gasteiger partial charge in [0.1, 0.15) is 0 Å². The van der Waals surface area contributed by atoms with Gasteiger partial charge in [0.25, 0.3) is 0 Å². The average Bonchev–Trinajstić information content (AvgIpc) is 2.96. The zero-order valence-corrected chi connectivity index (χ0v) is 14.2. The Hall–Kier alpha value is -1.99. The number of nitrogens with two attached hydrogens (primary N) is 1. The van der Waals surface area contributed by atoms with Crippen LogP contribution in [0.25, 0.3) is 0 Å². The maximum Gasteiger partial charge on any atom is 0.315 e. The van der Waals surface area contributed by atoms with Gasteiger partial charge in [0.05, 0.1) is 6.54 Å². The van der Waals surface area contributed by atoms with Crippen molar-refractivity contribution in [2.24, 2.45) is 11.7 Å². The number of primary amides is 1. The van der Waals surface area contributed by atoms with Gasteiger partial charge in [-0.15, -0.1) is 0 Å². The van der Waals surface area contributed by atoms with Crippen LogP contribution >= 0.6 is 0 Å². The second kappa shape index (κ2) is 9.34. The summed E-state index contributed by atoms with van der Waals surface area (Å²) in [5.74, 6) is 0.484. The molecular formula is C16H29N5O3. The first-order valence-electron chi connectivity index (χ1n) is 8.90. The fraction of sp³-hybridized carbons (Fsp3) is 0.812. The summed E-state index contributed by atoms with van der Waals surface area (Å²) in [7, 11) is 0. The van der Waals surface area contributed by atoms with Crippen molar-refractivity contribution in [3.63, 3.8) is 0 Å². The zero-order chi connectivity index (χ0) is 17.4. The van der Waals surface area contributed by atoms with E-state index in [1.807, 2.05) is 0 Å². The van der Waals surface area contributed by atoms with Crippen LogP contribution in [0, 0.1) is 5.92 Å². The van der Waals surface area contributed by atoms with Crippen LogP contribution in [0.4, 0.5) is 9.59 Å². The smallest absolute Gasteiger partial charge is 0.315 e. The molecule has 0 aromatic carbocycles. The highest BCUT2D eigenvalue weighted by Gasteiger charge is 2.21. The van der Waals surface area contributed by atoms with Gasteiger partial charge in [0.2, 0.25) is 5.91 Å². The predicted octanol–water partition coefficient (Wildman–Crippen LogP) is 0.525. The first-order chi connectivity index (χ1) is 11.5. The molecule has 5 amide bonds. The first kappa shape index (κ1) is 18.4. The lowest BCUT2D eigenvalue weighted by Crippen LogP contribution is -2.45. The highest BCUT2D eigenvalue weighted by molar-refractivity contribution is 5.84. The van der Waals surface area contributed by atoms with Crippen LogP contribution in [0.15, 0.2) is 0 Å². The van der Waals surface area contributed by atoms with Gasteiger partial charge in [0.15, 0.2) is 0 Å². The Bertz CT molecular complexity index is 451. The number of hydrogen-bond donors (Lipinski definition) is 4. The maximum atomic E-state index is 12.2. The van der Waals surface area contributed by atoms with Gasteiger partial charge in [-0.1, -0.05) is 12.8 Å². The number of carbonyl (C=O) groups is 3. The number of amides is 5. The molecule has 1 saturated carbocycles. The normalized spacial score (nSPS) is 21.8. The van der Waals surface area contributed by atoms with Gasteiger partial charge in [-0.2, -0.15) is 0 Å². The number of urea groups is 2. The minimum Gasteiger partial charge on any atom is -0.352 e. The molecule has 2 fully saturated rings. The van der Waals surface area contributed by atoms with Crippen molar-refractivity contribution in [3.8, 4) is 0 Å². The third kappa shape index (κ3) is 6.25. The summed E-state index contributed by atoms with van der Waals surface area (Å²) in [5.41, 5.74) is 5.14. The van der Waals surface area contributed by atoms with E-state index in [9.17, 15) is 14.4 Å². The lowest BCUT2D eigenvalue weighted by Gasteiger charge is -2.21. The van der Waals surface area contributed by atoms with Crippen LogP contribution in [-0.4, -0.2) is 55.1 Å². The molecule has 8 nitrogen and oxygen atoms in total. The van der Waals surface area contributed by atoms with E-state index in [2.05, 4.69) is 16.0 Å². The number of nitrogens with one attached hydrogen (secondary N) is 3. The standard InChI is InChI=1S/C16H29N5O3/c17-15(23)20-13-6-3-8-21(9-7-13)14(22)11-19-16(24)18-10-12-4-1-2-5-12/h12-13H,1-11H2,(H3,17,20,23)(H2,18,19,24). The van der Waals surface area contributed by atoms with Crippen LogP contribution in [0.5, 0.6) is 0 Å². The van der Waals surface area contributed by atoms with E-state index >= 15 is 0 Å². The van der Waals surface area contributed by atoms with Crippen LogP contribution < -0.4 is 21.7 Å². The molecule has 0 aromatic heterocycles. The first-order valence-corrected chi connectivity index (χ1v) is 8.90. The molecule has 24 heavy (non-hydrogen) atoms. The van der Waals surface area contributed by atoms with Crippen molar-refractivity contribution < 1.29 is 14.4 Å². The van der Waals surface area contributed by atoms with Gasteiger partial charge in [-0.3, -0.25) is 4.79 Å². The minimum absolute atomic E-state index is 0.00438. The summed E-state index contributed by atoms with van der Waals surface area (Å²) in [6.45, 7) is 1.89. The van der Waals surface area contributed by atoms with Crippen molar-refractivity contribution in [3.05, 3.63) is 0 Å². The Morgan fingerprint density at radius 3 is 2.42 bits per heavy atom. The average molecular weight is 339 g/mol. The number of hydrogen-bond acceptors (Lipinski definition) is 3. The summed E-state index contributed by atoms with van der Waals surface area (Å²) in [5, 5.41) is 8.17. The van der Waals surface area contributed by atoms with Crippen molar-refractivity contribution in [2.45, 2.75) is 51.0 Å². The highest BCUT2D eigenvalue weighted by Crippen LogP contribution is 2.23. The van der Waals surface area contributed by atoms with Crippen molar-refractivity contribution >= 4 is 18.0 Å². The van der Waals surface area contributed by atoms with Crippen molar-refractivity contribution in [2.75, 3.05) is 26.2 Å². The second-order valence-corrected chi connectivity index (χ2v) is 6.73. The van der Waals surface area contributed by atoms with Crippen LogP contribution in [-0.2, 0) is 4.79 Å².